The van der Waals surface area contributed by atoms with Crippen LogP contribution < -0.4 is 5.73 Å². The highest BCUT2D eigenvalue weighted by Gasteiger charge is 2.52. The molecule has 0 aromatic carbocycles. The Hall–Kier alpha value is -1.92. The van der Waals surface area contributed by atoms with Gasteiger partial charge < -0.3 is 10.5 Å². The largest absolute Gasteiger partial charge is 0.460 e. The minimum absolute atomic E-state index is 0.0254. The molecular formula is C19H30N4O3. The van der Waals surface area contributed by atoms with E-state index in [1.54, 1.807) is 4.68 Å². The van der Waals surface area contributed by atoms with Crippen molar-refractivity contribution in [3.8, 4) is 0 Å². The SMILES string of the molecule is CC(C)(C)OC(=O)C[C@H](c1cn(C2(C(N)=O)CC2)nn1)C1CCCCC1. The Morgan fingerprint density at radius 3 is 2.50 bits per heavy atom. The van der Waals surface area contributed by atoms with Gasteiger partial charge in [0.25, 0.3) is 0 Å². The van der Waals surface area contributed by atoms with E-state index in [1.165, 1.54) is 19.3 Å². The lowest BCUT2D eigenvalue weighted by Crippen LogP contribution is -2.34. The molecule has 1 aromatic heterocycles. The van der Waals surface area contributed by atoms with Crippen LogP contribution in [0.5, 0.6) is 0 Å². The second-order valence-electron chi connectivity index (χ2n) is 8.78. The van der Waals surface area contributed by atoms with Gasteiger partial charge in [0, 0.05) is 12.1 Å². The van der Waals surface area contributed by atoms with E-state index in [4.69, 9.17) is 10.5 Å². The molecule has 0 radical (unpaired) electrons. The highest BCUT2D eigenvalue weighted by Crippen LogP contribution is 2.44. The van der Waals surface area contributed by atoms with Crippen LogP contribution in [-0.4, -0.2) is 32.5 Å². The van der Waals surface area contributed by atoms with Crippen LogP contribution >= 0.6 is 0 Å². The number of primary amides is 1. The maximum absolute atomic E-state index is 12.5. The molecule has 2 fully saturated rings. The van der Waals surface area contributed by atoms with Crippen LogP contribution in [0.25, 0.3) is 0 Å². The smallest absolute Gasteiger partial charge is 0.306 e. The summed E-state index contributed by atoms with van der Waals surface area (Å²) >= 11 is 0. The molecule has 0 saturated heterocycles. The zero-order valence-corrected chi connectivity index (χ0v) is 16.0. The van der Waals surface area contributed by atoms with E-state index in [-0.39, 0.29) is 17.8 Å². The molecular weight excluding hydrogens is 332 g/mol. The van der Waals surface area contributed by atoms with E-state index in [9.17, 15) is 9.59 Å². The number of nitrogens with zero attached hydrogens (tertiary/aromatic N) is 3. The molecule has 1 amide bonds. The van der Waals surface area contributed by atoms with Crippen molar-refractivity contribution in [1.29, 1.82) is 0 Å². The summed E-state index contributed by atoms with van der Waals surface area (Å²) in [5.74, 6) is -0.207. The Kier molecular flexibility index (Phi) is 5.08. The number of carbonyl (C=O) groups excluding carboxylic acids is 2. The Balaban J connectivity index is 1.80. The predicted molar refractivity (Wildman–Crippen MR) is 96.2 cm³/mol. The molecule has 7 nitrogen and oxygen atoms in total. The van der Waals surface area contributed by atoms with Gasteiger partial charge in [-0.2, -0.15) is 0 Å². The van der Waals surface area contributed by atoms with E-state index < -0.39 is 11.1 Å². The van der Waals surface area contributed by atoms with Crippen molar-refractivity contribution < 1.29 is 14.3 Å². The van der Waals surface area contributed by atoms with Gasteiger partial charge in [-0.3, -0.25) is 9.59 Å². The Morgan fingerprint density at radius 1 is 1.31 bits per heavy atom. The molecule has 7 heteroatoms. The van der Waals surface area contributed by atoms with Crippen LogP contribution in [0.1, 0.15) is 83.7 Å². The second-order valence-corrected chi connectivity index (χ2v) is 8.78. The normalized spacial score (nSPS) is 21.2. The molecule has 0 spiro atoms. The zero-order chi connectivity index (χ0) is 18.9. The Morgan fingerprint density at radius 2 is 1.96 bits per heavy atom. The molecule has 0 unspecified atom stereocenters. The minimum atomic E-state index is -0.714. The highest BCUT2D eigenvalue weighted by atomic mass is 16.6. The molecule has 0 bridgehead atoms. The molecule has 26 heavy (non-hydrogen) atoms. The summed E-state index contributed by atoms with van der Waals surface area (Å²) in [7, 11) is 0. The fourth-order valence-corrected chi connectivity index (χ4v) is 3.97. The summed E-state index contributed by atoms with van der Waals surface area (Å²) in [6, 6.07) is 0. The van der Waals surface area contributed by atoms with E-state index in [0.29, 0.717) is 25.2 Å². The molecule has 3 rings (SSSR count). The number of nitrogens with two attached hydrogens (primary N) is 1. The monoisotopic (exact) mass is 362 g/mol. The number of hydrogen-bond donors (Lipinski definition) is 1. The molecule has 2 N–H and O–H groups in total. The van der Waals surface area contributed by atoms with Crippen LogP contribution in [0.2, 0.25) is 0 Å². The summed E-state index contributed by atoms with van der Waals surface area (Å²) in [6.45, 7) is 5.63. The van der Waals surface area contributed by atoms with Crippen LogP contribution in [0.3, 0.4) is 0 Å². The molecule has 1 heterocycles. The van der Waals surface area contributed by atoms with Gasteiger partial charge in [-0.1, -0.05) is 24.5 Å². The molecule has 1 atom stereocenters. The Labute approximate surface area is 154 Å². The summed E-state index contributed by atoms with van der Waals surface area (Å²) in [5, 5.41) is 8.51. The topological polar surface area (TPSA) is 100 Å². The third-order valence-electron chi connectivity index (χ3n) is 5.54. The molecule has 2 aliphatic carbocycles. The van der Waals surface area contributed by atoms with E-state index in [1.807, 2.05) is 27.0 Å². The number of carbonyl (C=O) groups is 2. The van der Waals surface area contributed by atoms with Gasteiger partial charge in [0.2, 0.25) is 5.91 Å². The first-order valence-electron chi connectivity index (χ1n) is 9.66. The molecule has 2 saturated carbocycles. The molecule has 0 aliphatic heterocycles. The van der Waals surface area contributed by atoms with Crippen LogP contribution in [0, 0.1) is 5.92 Å². The van der Waals surface area contributed by atoms with Gasteiger partial charge in [0.05, 0.1) is 12.1 Å². The third kappa shape index (κ3) is 4.07. The van der Waals surface area contributed by atoms with Crippen LogP contribution in [0.15, 0.2) is 6.20 Å². The summed E-state index contributed by atoms with van der Waals surface area (Å²) < 4.78 is 7.14. The van der Waals surface area contributed by atoms with Gasteiger partial charge in [-0.25, -0.2) is 4.68 Å². The number of ether oxygens (including phenoxy) is 1. The van der Waals surface area contributed by atoms with Crippen molar-refractivity contribution in [2.24, 2.45) is 11.7 Å². The lowest BCUT2D eigenvalue weighted by Gasteiger charge is -2.29. The second kappa shape index (κ2) is 7.00. The lowest BCUT2D eigenvalue weighted by atomic mass is 9.77. The average molecular weight is 362 g/mol. The van der Waals surface area contributed by atoms with E-state index >= 15 is 0 Å². The first-order valence-corrected chi connectivity index (χ1v) is 9.66. The first kappa shape index (κ1) is 18.9. The van der Waals surface area contributed by atoms with Crippen molar-refractivity contribution in [2.45, 2.75) is 89.2 Å². The lowest BCUT2D eigenvalue weighted by molar-refractivity contribution is -0.155. The number of esters is 1. The summed E-state index contributed by atoms with van der Waals surface area (Å²) in [6.07, 6.45) is 9.28. The number of aromatic nitrogens is 3. The first-order chi connectivity index (χ1) is 12.2. The molecule has 144 valence electrons. The van der Waals surface area contributed by atoms with Crippen LogP contribution in [-0.2, 0) is 19.9 Å². The van der Waals surface area contributed by atoms with Crippen molar-refractivity contribution in [3.05, 3.63) is 11.9 Å². The van der Waals surface area contributed by atoms with Gasteiger partial charge in [0.1, 0.15) is 11.1 Å². The van der Waals surface area contributed by atoms with Crippen molar-refractivity contribution in [3.63, 3.8) is 0 Å². The molecule has 2 aliphatic rings. The van der Waals surface area contributed by atoms with Gasteiger partial charge in [-0.15, -0.1) is 5.10 Å². The number of rotatable bonds is 6. The minimum Gasteiger partial charge on any atom is -0.460 e. The van der Waals surface area contributed by atoms with Crippen molar-refractivity contribution >= 4 is 11.9 Å². The fourth-order valence-electron chi connectivity index (χ4n) is 3.97. The van der Waals surface area contributed by atoms with Crippen molar-refractivity contribution in [1.82, 2.24) is 15.0 Å². The van der Waals surface area contributed by atoms with Gasteiger partial charge in [-0.05, 0) is 52.4 Å². The van der Waals surface area contributed by atoms with Crippen LogP contribution in [0.4, 0.5) is 0 Å². The summed E-state index contributed by atoms with van der Waals surface area (Å²) in [4.78, 5) is 24.2. The van der Waals surface area contributed by atoms with Crippen molar-refractivity contribution in [2.75, 3.05) is 0 Å². The third-order valence-corrected chi connectivity index (χ3v) is 5.54. The molecule has 1 aromatic rings. The highest BCUT2D eigenvalue weighted by molar-refractivity contribution is 5.85. The maximum atomic E-state index is 12.5. The zero-order valence-electron chi connectivity index (χ0n) is 16.0. The van der Waals surface area contributed by atoms with Gasteiger partial charge >= 0.3 is 5.97 Å². The Bertz CT molecular complexity index is 667. The fraction of sp³-hybridized carbons (Fsp3) is 0.789. The van der Waals surface area contributed by atoms with Gasteiger partial charge in [0.15, 0.2) is 0 Å². The number of amides is 1. The maximum Gasteiger partial charge on any atom is 0.306 e. The quantitative estimate of drug-likeness (QED) is 0.784. The average Bonchev–Trinajstić information content (AvgIpc) is 3.24. The number of hydrogen-bond acceptors (Lipinski definition) is 5. The van der Waals surface area contributed by atoms with E-state index in [2.05, 4.69) is 10.3 Å². The standard InChI is InChI=1S/C19H30N4O3/c1-18(2,3)26-16(24)11-14(13-7-5-4-6-8-13)15-12-23(22-21-15)19(9-10-19)17(20)25/h12-14H,4-11H2,1-3H3,(H2,20,25)/t14-/m0/s1. The van der Waals surface area contributed by atoms with E-state index in [0.717, 1.165) is 18.5 Å². The summed E-state index contributed by atoms with van der Waals surface area (Å²) in [5.41, 5.74) is 5.10. The predicted octanol–water partition coefficient (Wildman–Crippen LogP) is 2.65.